The van der Waals surface area contributed by atoms with Gasteiger partial charge >= 0.3 is 0 Å². The first-order valence-corrected chi connectivity index (χ1v) is 6.87. The van der Waals surface area contributed by atoms with E-state index >= 15 is 0 Å². The first kappa shape index (κ1) is 13.7. The molecule has 0 fully saturated rings. The lowest BCUT2D eigenvalue weighted by Gasteiger charge is -2.13. The summed E-state index contributed by atoms with van der Waals surface area (Å²) in [5, 5.41) is 8.58. The van der Waals surface area contributed by atoms with E-state index in [1.807, 2.05) is 6.07 Å². The van der Waals surface area contributed by atoms with E-state index in [2.05, 4.69) is 53.7 Å². The maximum absolute atomic E-state index is 5.76. The van der Waals surface area contributed by atoms with Gasteiger partial charge in [0, 0.05) is 12.1 Å². The van der Waals surface area contributed by atoms with Gasteiger partial charge in [0.1, 0.15) is 5.82 Å². The summed E-state index contributed by atoms with van der Waals surface area (Å²) in [5.41, 5.74) is 8.22. The number of aromatic nitrogens is 3. The van der Waals surface area contributed by atoms with Crippen molar-refractivity contribution in [3.63, 3.8) is 0 Å². The number of hydrogen-bond acceptors (Lipinski definition) is 3. The molecular weight excluding hydrogens is 236 g/mol. The lowest BCUT2D eigenvalue weighted by Crippen LogP contribution is -2.13. The average molecular weight is 258 g/mol. The number of benzene rings is 1. The van der Waals surface area contributed by atoms with Crippen molar-refractivity contribution in [2.45, 2.75) is 40.3 Å². The second-order valence-corrected chi connectivity index (χ2v) is 5.16. The van der Waals surface area contributed by atoms with Crippen LogP contribution < -0.4 is 5.73 Å². The molecule has 0 unspecified atom stereocenters. The lowest BCUT2D eigenvalue weighted by molar-refractivity contribution is 0.510. The van der Waals surface area contributed by atoms with Gasteiger partial charge in [-0.1, -0.05) is 45.0 Å². The molecule has 0 atom stereocenters. The van der Waals surface area contributed by atoms with Crippen LogP contribution in [0.25, 0.3) is 11.4 Å². The van der Waals surface area contributed by atoms with Crippen LogP contribution in [0.4, 0.5) is 0 Å². The number of aryl methyl sites for hydroxylation is 1. The predicted molar refractivity (Wildman–Crippen MR) is 77.6 cm³/mol. The van der Waals surface area contributed by atoms with Crippen molar-refractivity contribution >= 4 is 0 Å². The van der Waals surface area contributed by atoms with E-state index < -0.39 is 0 Å². The predicted octanol–water partition coefficient (Wildman–Crippen LogP) is 2.62. The fraction of sp³-hybridized carbons (Fsp3) is 0.467. The molecule has 2 aromatic rings. The quantitative estimate of drug-likeness (QED) is 0.897. The van der Waals surface area contributed by atoms with Crippen LogP contribution in [0, 0.1) is 5.92 Å². The van der Waals surface area contributed by atoms with Crippen LogP contribution in [0.2, 0.25) is 0 Å². The summed E-state index contributed by atoms with van der Waals surface area (Å²) in [4.78, 5) is 0. The molecule has 4 heteroatoms. The highest BCUT2D eigenvalue weighted by molar-refractivity contribution is 5.60. The van der Waals surface area contributed by atoms with Gasteiger partial charge in [-0.15, -0.1) is 10.2 Å². The average Bonchev–Trinajstić information content (AvgIpc) is 2.80. The molecule has 0 aliphatic rings. The standard InChI is InChI=1S/C15H22N4/c1-4-12-7-5-6-8-13(12)15-18-17-14(9-16)19(15)10-11(2)3/h5-8,11H,4,9-10,16H2,1-3H3. The first-order valence-electron chi connectivity index (χ1n) is 6.87. The molecule has 0 saturated heterocycles. The Hall–Kier alpha value is -1.68. The number of nitrogens with zero attached hydrogens (tertiary/aromatic N) is 3. The molecule has 0 bridgehead atoms. The molecule has 0 saturated carbocycles. The second kappa shape index (κ2) is 5.97. The molecule has 0 aliphatic carbocycles. The van der Waals surface area contributed by atoms with Gasteiger partial charge in [0.25, 0.3) is 0 Å². The van der Waals surface area contributed by atoms with Crippen molar-refractivity contribution in [1.82, 2.24) is 14.8 Å². The van der Waals surface area contributed by atoms with Crippen molar-refractivity contribution in [3.05, 3.63) is 35.7 Å². The Morgan fingerprint density at radius 1 is 1.21 bits per heavy atom. The zero-order valence-corrected chi connectivity index (χ0v) is 11.9. The second-order valence-electron chi connectivity index (χ2n) is 5.16. The topological polar surface area (TPSA) is 56.7 Å². The Kier molecular flexibility index (Phi) is 4.32. The van der Waals surface area contributed by atoms with Crippen LogP contribution in [0.3, 0.4) is 0 Å². The van der Waals surface area contributed by atoms with Crippen LogP contribution in [-0.2, 0) is 19.5 Å². The van der Waals surface area contributed by atoms with Crippen LogP contribution in [-0.4, -0.2) is 14.8 Å². The van der Waals surface area contributed by atoms with Gasteiger partial charge in [-0.2, -0.15) is 0 Å². The zero-order chi connectivity index (χ0) is 13.8. The van der Waals surface area contributed by atoms with Gasteiger partial charge in [0.2, 0.25) is 0 Å². The molecule has 1 aromatic carbocycles. The number of hydrogen-bond donors (Lipinski definition) is 1. The molecule has 1 aromatic heterocycles. The largest absolute Gasteiger partial charge is 0.324 e. The molecule has 2 rings (SSSR count). The molecule has 0 aliphatic heterocycles. The minimum absolute atomic E-state index is 0.425. The van der Waals surface area contributed by atoms with Gasteiger partial charge in [0.15, 0.2) is 5.82 Å². The van der Waals surface area contributed by atoms with Crippen LogP contribution >= 0.6 is 0 Å². The van der Waals surface area contributed by atoms with Gasteiger partial charge in [-0.25, -0.2) is 0 Å². The molecule has 0 spiro atoms. The van der Waals surface area contributed by atoms with E-state index in [9.17, 15) is 0 Å². The molecule has 19 heavy (non-hydrogen) atoms. The highest BCUT2D eigenvalue weighted by atomic mass is 15.3. The smallest absolute Gasteiger partial charge is 0.164 e. The Morgan fingerprint density at radius 2 is 1.95 bits per heavy atom. The molecule has 4 nitrogen and oxygen atoms in total. The van der Waals surface area contributed by atoms with Gasteiger partial charge < -0.3 is 10.3 Å². The minimum Gasteiger partial charge on any atom is -0.324 e. The fourth-order valence-electron chi connectivity index (χ4n) is 2.29. The maximum atomic E-state index is 5.76. The summed E-state index contributed by atoms with van der Waals surface area (Å²) in [6.07, 6.45) is 0.989. The van der Waals surface area contributed by atoms with Gasteiger partial charge in [-0.3, -0.25) is 0 Å². The van der Waals surface area contributed by atoms with E-state index in [0.717, 1.165) is 30.2 Å². The van der Waals surface area contributed by atoms with E-state index in [1.165, 1.54) is 5.56 Å². The molecule has 2 N–H and O–H groups in total. The SMILES string of the molecule is CCc1ccccc1-c1nnc(CN)n1CC(C)C. The van der Waals surface area contributed by atoms with Crippen molar-refractivity contribution in [1.29, 1.82) is 0 Å². The lowest BCUT2D eigenvalue weighted by atomic mass is 10.0. The van der Waals surface area contributed by atoms with E-state index in [1.54, 1.807) is 0 Å². The van der Waals surface area contributed by atoms with Crippen molar-refractivity contribution < 1.29 is 0 Å². The van der Waals surface area contributed by atoms with Crippen LogP contribution in [0.1, 0.15) is 32.2 Å². The summed E-state index contributed by atoms with van der Waals surface area (Å²) >= 11 is 0. The maximum Gasteiger partial charge on any atom is 0.164 e. The zero-order valence-electron chi connectivity index (χ0n) is 11.9. The highest BCUT2D eigenvalue weighted by Crippen LogP contribution is 2.24. The van der Waals surface area contributed by atoms with Crippen LogP contribution in [0.15, 0.2) is 24.3 Å². The highest BCUT2D eigenvalue weighted by Gasteiger charge is 2.15. The van der Waals surface area contributed by atoms with Crippen LogP contribution in [0.5, 0.6) is 0 Å². The van der Waals surface area contributed by atoms with E-state index in [4.69, 9.17) is 5.73 Å². The Labute approximate surface area is 114 Å². The third-order valence-corrected chi connectivity index (χ3v) is 3.20. The fourth-order valence-corrected chi connectivity index (χ4v) is 2.29. The van der Waals surface area contributed by atoms with Crippen molar-refractivity contribution in [3.8, 4) is 11.4 Å². The summed E-state index contributed by atoms with van der Waals surface area (Å²) in [7, 11) is 0. The molecule has 1 heterocycles. The van der Waals surface area contributed by atoms with E-state index in [0.29, 0.717) is 12.5 Å². The Bertz CT molecular complexity index is 543. The summed E-state index contributed by atoms with van der Waals surface area (Å²) in [6, 6.07) is 8.37. The first-order chi connectivity index (χ1) is 9.17. The monoisotopic (exact) mass is 258 g/mol. The van der Waals surface area contributed by atoms with E-state index in [-0.39, 0.29) is 0 Å². The Balaban J connectivity index is 2.52. The third-order valence-electron chi connectivity index (χ3n) is 3.20. The van der Waals surface area contributed by atoms with Gasteiger partial charge in [-0.05, 0) is 17.9 Å². The molecule has 0 amide bonds. The number of nitrogens with two attached hydrogens (primary N) is 1. The third kappa shape index (κ3) is 2.84. The summed E-state index contributed by atoms with van der Waals surface area (Å²) in [5.74, 6) is 2.33. The summed E-state index contributed by atoms with van der Waals surface area (Å²) < 4.78 is 2.15. The minimum atomic E-state index is 0.425. The normalized spacial score (nSPS) is 11.2. The molecule has 0 radical (unpaired) electrons. The van der Waals surface area contributed by atoms with Crippen molar-refractivity contribution in [2.24, 2.45) is 11.7 Å². The molecule has 102 valence electrons. The summed E-state index contributed by atoms with van der Waals surface area (Å²) in [6.45, 7) is 7.86. The Morgan fingerprint density at radius 3 is 2.58 bits per heavy atom. The number of rotatable bonds is 5. The van der Waals surface area contributed by atoms with Gasteiger partial charge in [0.05, 0.1) is 6.54 Å². The van der Waals surface area contributed by atoms with Crippen molar-refractivity contribution in [2.75, 3.05) is 0 Å². The molecular formula is C15H22N4.